The number of hydrogen-bond acceptors (Lipinski definition) is 4. The van der Waals surface area contributed by atoms with Gasteiger partial charge in [-0.15, -0.1) is 0 Å². The van der Waals surface area contributed by atoms with E-state index in [1.54, 1.807) is 0 Å². The van der Waals surface area contributed by atoms with E-state index in [2.05, 4.69) is 37.4 Å². The number of thiocarbonyl (C=S) groups is 1. The van der Waals surface area contributed by atoms with Crippen LogP contribution in [0.5, 0.6) is 0 Å². The third kappa shape index (κ3) is 6.10. The van der Waals surface area contributed by atoms with Crippen molar-refractivity contribution in [3.8, 4) is 0 Å². The monoisotopic (exact) mass is 390 g/mol. The minimum atomic E-state index is 0.229. The van der Waals surface area contributed by atoms with Gasteiger partial charge in [-0.25, -0.2) is 9.97 Å². The second-order valence-electron chi connectivity index (χ2n) is 7.55. The van der Waals surface area contributed by atoms with Gasteiger partial charge >= 0.3 is 0 Å². The van der Waals surface area contributed by atoms with Crippen LogP contribution in [-0.4, -0.2) is 58.3 Å². The highest BCUT2D eigenvalue weighted by atomic mass is 32.1. The lowest BCUT2D eigenvalue weighted by Crippen LogP contribution is -2.44. The van der Waals surface area contributed by atoms with E-state index in [-0.39, 0.29) is 6.10 Å². The molecular weight excluding hydrogens is 360 g/mol. The van der Waals surface area contributed by atoms with Gasteiger partial charge in [-0.3, -0.25) is 5.32 Å². The number of likely N-dealkylation sites (tertiary alicyclic amines) is 1. The Morgan fingerprint density at radius 1 is 1.30 bits per heavy atom. The molecule has 27 heavy (non-hydrogen) atoms. The molecule has 0 radical (unpaired) electrons. The Bertz CT molecular complexity index is 669. The van der Waals surface area contributed by atoms with Crippen LogP contribution in [0.4, 0.5) is 5.95 Å². The van der Waals surface area contributed by atoms with Crippen LogP contribution in [0.3, 0.4) is 0 Å². The first-order valence-electron chi connectivity index (χ1n) is 9.82. The van der Waals surface area contributed by atoms with Crippen molar-refractivity contribution in [3.63, 3.8) is 0 Å². The van der Waals surface area contributed by atoms with Crippen molar-refractivity contribution in [3.05, 3.63) is 17.5 Å². The molecule has 0 aliphatic carbocycles. The van der Waals surface area contributed by atoms with Crippen LogP contribution in [0.2, 0.25) is 0 Å². The maximum absolute atomic E-state index is 5.64. The van der Waals surface area contributed by atoms with E-state index in [0.29, 0.717) is 23.5 Å². The fraction of sp³-hybridized carbons (Fsp3) is 0.684. The molecule has 8 heteroatoms. The van der Waals surface area contributed by atoms with Crippen LogP contribution < -0.4 is 10.6 Å². The van der Waals surface area contributed by atoms with Crippen molar-refractivity contribution < 1.29 is 4.74 Å². The number of piperidine rings is 1. The van der Waals surface area contributed by atoms with Gasteiger partial charge in [-0.2, -0.15) is 4.99 Å². The van der Waals surface area contributed by atoms with Gasteiger partial charge in [0.2, 0.25) is 11.9 Å². The van der Waals surface area contributed by atoms with Gasteiger partial charge in [0, 0.05) is 37.6 Å². The summed E-state index contributed by atoms with van der Waals surface area (Å²) in [4.78, 5) is 15.9. The van der Waals surface area contributed by atoms with Gasteiger partial charge in [0.1, 0.15) is 0 Å². The zero-order chi connectivity index (χ0) is 19.2. The molecule has 1 aromatic heterocycles. The second-order valence-corrected chi connectivity index (χ2v) is 7.94. The largest absolute Gasteiger partial charge is 0.376 e. The summed E-state index contributed by atoms with van der Waals surface area (Å²) in [6.45, 7) is 9.64. The standard InChI is InChI=1S/C19H30N6OS/c1-13-6-4-8-25(12-13)18(23-17-21-14(2)10-15(3)22-17)24-19(27)20-11-16-7-5-9-26-16/h10,13,16H,4-9,11-12H2,1-3H3,(H2,20,21,22,23,24,27). The topological polar surface area (TPSA) is 74.7 Å². The van der Waals surface area contributed by atoms with E-state index in [4.69, 9.17) is 17.0 Å². The Balaban J connectivity index is 1.72. The van der Waals surface area contributed by atoms with Gasteiger partial charge in [0.05, 0.1) is 6.10 Å². The van der Waals surface area contributed by atoms with Gasteiger partial charge in [-0.1, -0.05) is 6.92 Å². The third-order valence-electron chi connectivity index (χ3n) is 4.87. The average Bonchev–Trinajstić information content (AvgIpc) is 3.12. The van der Waals surface area contributed by atoms with Crippen molar-refractivity contribution in [1.82, 2.24) is 20.2 Å². The predicted molar refractivity (Wildman–Crippen MR) is 112 cm³/mol. The second kappa shape index (κ2) is 9.41. The molecular formula is C19H30N6OS. The minimum Gasteiger partial charge on any atom is -0.376 e. The molecule has 7 nitrogen and oxygen atoms in total. The molecule has 2 N–H and O–H groups in total. The Kier molecular flexibility index (Phi) is 6.95. The summed E-state index contributed by atoms with van der Waals surface area (Å²) >= 11 is 5.47. The van der Waals surface area contributed by atoms with Crippen LogP contribution >= 0.6 is 12.2 Å². The summed E-state index contributed by atoms with van der Waals surface area (Å²) in [7, 11) is 0. The third-order valence-corrected chi connectivity index (χ3v) is 5.11. The van der Waals surface area contributed by atoms with Crippen LogP contribution in [0, 0.1) is 19.8 Å². The summed E-state index contributed by atoms with van der Waals surface area (Å²) in [6, 6.07) is 1.96. The Morgan fingerprint density at radius 3 is 2.74 bits per heavy atom. The first-order chi connectivity index (χ1) is 13.0. The molecule has 0 amide bonds. The highest BCUT2D eigenvalue weighted by molar-refractivity contribution is 7.80. The van der Waals surface area contributed by atoms with E-state index in [9.17, 15) is 0 Å². The number of ether oxygens (including phenoxy) is 1. The number of hydrogen-bond donors (Lipinski definition) is 2. The van der Waals surface area contributed by atoms with Crippen LogP contribution in [0.15, 0.2) is 11.1 Å². The SMILES string of the molecule is Cc1cc(C)nc(N/C(=N/C(=S)NCC2CCCO2)N2CCCC(C)C2)n1. The van der Waals surface area contributed by atoms with Gasteiger partial charge in [0.15, 0.2) is 5.11 Å². The Morgan fingerprint density at radius 2 is 2.07 bits per heavy atom. The van der Waals surface area contributed by atoms with E-state index < -0.39 is 0 Å². The van der Waals surface area contributed by atoms with Crippen molar-refractivity contribution in [1.29, 1.82) is 0 Å². The molecule has 0 saturated carbocycles. The predicted octanol–water partition coefficient (Wildman–Crippen LogP) is 2.65. The zero-order valence-corrected chi connectivity index (χ0v) is 17.3. The Labute approximate surface area is 167 Å². The molecule has 1 aromatic rings. The maximum atomic E-state index is 5.64. The van der Waals surface area contributed by atoms with Crippen LogP contribution in [-0.2, 0) is 4.74 Å². The molecule has 2 atom stereocenters. The zero-order valence-electron chi connectivity index (χ0n) is 16.5. The number of aromatic nitrogens is 2. The summed E-state index contributed by atoms with van der Waals surface area (Å²) in [5.74, 6) is 1.90. The highest BCUT2D eigenvalue weighted by Crippen LogP contribution is 2.17. The molecule has 148 valence electrons. The first kappa shape index (κ1) is 19.9. The van der Waals surface area contributed by atoms with Crippen molar-refractivity contribution in [2.75, 3.05) is 31.6 Å². The minimum absolute atomic E-state index is 0.229. The van der Waals surface area contributed by atoms with Crippen molar-refractivity contribution in [2.24, 2.45) is 10.9 Å². The first-order valence-corrected chi connectivity index (χ1v) is 10.2. The van der Waals surface area contributed by atoms with Gasteiger partial charge in [0.25, 0.3) is 0 Å². The van der Waals surface area contributed by atoms with E-state index in [1.807, 2.05) is 19.9 Å². The molecule has 3 rings (SSSR count). The fourth-order valence-electron chi connectivity index (χ4n) is 3.58. The molecule has 2 aliphatic rings. The summed E-state index contributed by atoms with van der Waals surface area (Å²) in [5, 5.41) is 7.00. The quantitative estimate of drug-likeness (QED) is 0.467. The van der Waals surface area contributed by atoms with E-state index in [1.165, 1.54) is 6.42 Å². The molecule has 3 heterocycles. The fourth-order valence-corrected chi connectivity index (χ4v) is 3.75. The normalized spacial score (nSPS) is 23.4. The lowest BCUT2D eigenvalue weighted by molar-refractivity contribution is 0.114. The van der Waals surface area contributed by atoms with Crippen LogP contribution in [0.1, 0.15) is 44.0 Å². The number of aryl methyl sites for hydroxylation is 2. The smallest absolute Gasteiger partial charge is 0.229 e. The molecule has 0 aromatic carbocycles. The van der Waals surface area contributed by atoms with Crippen molar-refractivity contribution in [2.45, 2.75) is 52.6 Å². The summed E-state index contributed by atoms with van der Waals surface area (Å²) in [6.07, 6.45) is 4.80. The van der Waals surface area contributed by atoms with Gasteiger partial charge < -0.3 is 15.0 Å². The van der Waals surface area contributed by atoms with Crippen LogP contribution in [0.25, 0.3) is 0 Å². The number of aliphatic imine (C=N–C) groups is 1. The number of guanidine groups is 1. The molecule has 0 bridgehead atoms. The average molecular weight is 391 g/mol. The van der Waals surface area contributed by atoms with Crippen molar-refractivity contribution >= 4 is 29.2 Å². The van der Waals surface area contributed by atoms with Gasteiger partial charge in [-0.05, 0) is 63.7 Å². The molecule has 2 saturated heterocycles. The summed E-state index contributed by atoms with van der Waals surface area (Å²) in [5.41, 5.74) is 1.85. The van der Waals surface area contributed by atoms with E-state index >= 15 is 0 Å². The highest BCUT2D eigenvalue weighted by Gasteiger charge is 2.21. The lowest BCUT2D eigenvalue weighted by Gasteiger charge is -2.33. The molecule has 0 spiro atoms. The van der Waals surface area contributed by atoms with E-state index in [0.717, 1.165) is 56.3 Å². The maximum Gasteiger partial charge on any atom is 0.229 e. The lowest BCUT2D eigenvalue weighted by atomic mass is 10.0. The molecule has 2 unspecified atom stereocenters. The Hall–Kier alpha value is -1.80. The number of nitrogens with one attached hydrogen (secondary N) is 2. The number of rotatable bonds is 3. The number of nitrogens with zero attached hydrogens (tertiary/aromatic N) is 4. The molecule has 2 aliphatic heterocycles. The molecule has 2 fully saturated rings. The number of anilines is 1. The summed E-state index contributed by atoms with van der Waals surface area (Å²) < 4.78 is 5.64.